The summed E-state index contributed by atoms with van der Waals surface area (Å²) < 4.78 is 37.6. The molecule has 0 fully saturated rings. The van der Waals surface area contributed by atoms with E-state index >= 15 is 0 Å². The van der Waals surface area contributed by atoms with Gasteiger partial charge in [0.25, 0.3) is 10.1 Å². The second kappa shape index (κ2) is 4.96. The minimum atomic E-state index is -3.87. The summed E-state index contributed by atoms with van der Waals surface area (Å²) in [4.78, 5) is 0.208. The largest absolute Gasteiger partial charge is 0.456 e. The maximum absolute atomic E-state index is 12.8. The third-order valence-corrected chi connectivity index (χ3v) is 6.39. The Balaban J connectivity index is 1.95. The van der Waals surface area contributed by atoms with Gasteiger partial charge in [-0.3, -0.25) is 0 Å². The van der Waals surface area contributed by atoms with Crippen molar-refractivity contribution >= 4 is 10.1 Å². The molecule has 0 aromatic heterocycles. The number of hydrogen-bond acceptors (Lipinski definition) is 4. The zero-order valence-electron chi connectivity index (χ0n) is 14.3. The molecule has 0 bridgehead atoms. The van der Waals surface area contributed by atoms with E-state index in [2.05, 4.69) is 0 Å². The maximum atomic E-state index is 12.8. The van der Waals surface area contributed by atoms with E-state index in [-0.39, 0.29) is 4.90 Å². The molecule has 0 radical (unpaired) electrons. The first-order valence-electron chi connectivity index (χ1n) is 8.37. The number of benzene rings is 3. The second-order valence-corrected chi connectivity index (χ2v) is 8.33. The molecule has 4 nitrogen and oxygen atoms in total. The van der Waals surface area contributed by atoms with Gasteiger partial charge in [-0.2, -0.15) is 8.42 Å². The van der Waals surface area contributed by atoms with Crippen LogP contribution in [0.1, 0.15) is 27.8 Å². The molecule has 0 saturated carbocycles. The highest BCUT2D eigenvalue weighted by Gasteiger charge is 2.55. The van der Waals surface area contributed by atoms with Crippen LogP contribution in [0.3, 0.4) is 0 Å². The lowest BCUT2D eigenvalue weighted by atomic mass is 9.77. The number of rotatable bonds is 0. The van der Waals surface area contributed by atoms with Crippen LogP contribution in [0.2, 0.25) is 0 Å². The van der Waals surface area contributed by atoms with E-state index in [1.54, 1.807) is 12.1 Å². The van der Waals surface area contributed by atoms with Crippen LogP contribution >= 0.6 is 0 Å². The van der Waals surface area contributed by atoms with Gasteiger partial charge in [0, 0.05) is 16.7 Å². The van der Waals surface area contributed by atoms with Gasteiger partial charge in [0.1, 0.15) is 16.4 Å². The van der Waals surface area contributed by atoms with Gasteiger partial charge in [-0.05, 0) is 43.2 Å². The van der Waals surface area contributed by atoms with Crippen LogP contribution < -0.4 is 4.74 Å². The summed E-state index contributed by atoms with van der Waals surface area (Å²) in [5, 5.41) is 0. The van der Waals surface area contributed by atoms with Gasteiger partial charge in [0.05, 0.1) is 0 Å². The van der Waals surface area contributed by atoms with Crippen LogP contribution in [0.4, 0.5) is 0 Å². The minimum absolute atomic E-state index is 0.208. The molecule has 3 aromatic rings. The van der Waals surface area contributed by atoms with Crippen LogP contribution in [0.5, 0.6) is 11.5 Å². The molecule has 3 aromatic carbocycles. The average Bonchev–Trinajstić information content (AvgIpc) is 2.83. The molecule has 0 unspecified atom stereocenters. The number of ether oxygens (including phenoxy) is 1. The van der Waals surface area contributed by atoms with Gasteiger partial charge >= 0.3 is 0 Å². The van der Waals surface area contributed by atoms with E-state index in [9.17, 15) is 8.42 Å². The summed E-state index contributed by atoms with van der Waals surface area (Å²) in [6.45, 7) is 3.95. The zero-order chi connectivity index (χ0) is 18.1. The molecular formula is C21H16O4S. The highest BCUT2D eigenvalue weighted by molar-refractivity contribution is 7.87. The Morgan fingerprint density at radius 3 is 1.96 bits per heavy atom. The van der Waals surface area contributed by atoms with Crippen molar-refractivity contribution in [1.82, 2.24) is 0 Å². The first kappa shape index (κ1) is 15.6. The lowest BCUT2D eigenvalue weighted by Crippen LogP contribution is -2.33. The van der Waals surface area contributed by atoms with Gasteiger partial charge in [-0.1, -0.05) is 42.5 Å². The monoisotopic (exact) mass is 364 g/mol. The van der Waals surface area contributed by atoms with Crippen LogP contribution in [-0.4, -0.2) is 8.42 Å². The summed E-state index contributed by atoms with van der Waals surface area (Å²) in [6.07, 6.45) is 0. The van der Waals surface area contributed by atoms with Crippen molar-refractivity contribution in [2.24, 2.45) is 0 Å². The van der Waals surface area contributed by atoms with Crippen LogP contribution in [-0.2, 0) is 19.9 Å². The van der Waals surface area contributed by atoms with E-state index in [0.29, 0.717) is 28.2 Å². The predicted octanol–water partition coefficient (Wildman–Crippen LogP) is 4.42. The maximum Gasteiger partial charge on any atom is 0.298 e. The highest BCUT2D eigenvalue weighted by Crippen LogP contribution is 2.57. The Hall–Kier alpha value is -2.63. The van der Waals surface area contributed by atoms with Crippen molar-refractivity contribution in [1.29, 1.82) is 0 Å². The van der Waals surface area contributed by atoms with E-state index in [4.69, 9.17) is 8.92 Å². The standard InChI is InChI=1S/C21H16O4S/c1-13-7-9-15-18(11-13)24-19-12-14(2)8-10-16(19)21(15)17-5-3-4-6-20(17)26(22,23)25-21/h3-12H,1-2H3. The zero-order valence-corrected chi connectivity index (χ0v) is 15.1. The fraction of sp³-hybridized carbons (Fsp3) is 0.143. The van der Waals surface area contributed by atoms with E-state index < -0.39 is 15.7 Å². The molecule has 0 amide bonds. The summed E-state index contributed by atoms with van der Waals surface area (Å²) >= 11 is 0. The lowest BCUT2D eigenvalue weighted by Gasteiger charge is -2.36. The Kier molecular flexibility index (Phi) is 2.98. The molecule has 26 heavy (non-hydrogen) atoms. The van der Waals surface area contributed by atoms with Crippen molar-refractivity contribution < 1.29 is 17.3 Å². The fourth-order valence-corrected chi connectivity index (χ4v) is 5.30. The first-order chi connectivity index (χ1) is 12.4. The van der Waals surface area contributed by atoms with E-state index in [0.717, 1.165) is 11.1 Å². The van der Waals surface area contributed by atoms with Gasteiger partial charge in [-0.25, -0.2) is 4.18 Å². The van der Waals surface area contributed by atoms with Crippen LogP contribution in [0, 0.1) is 13.8 Å². The van der Waals surface area contributed by atoms with Crippen molar-refractivity contribution in [3.63, 3.8) is 0 Å². The van der Waals surface area contributed by atoms with Crippen LogP contribution in [0.15, 0.2) is 65.6 Å². The smallest absolute Gasteiger partial charge is 0.298 e. The molecule has 5 heteroatoms. The molecule has 130 valence electrons. The molecule has 0 N–H and O–H groups in total. The van der Waals surface area contributed by atoms with Gasteiger partial charge in [-0.15, -0.1) is 0 Å². The average molecular weight is 364 g/mol. The van der Waals surface area contributed by atoms with Crippen molar-refractivity contribution in [2.75, 3.05) is 0 Å². The number of fused-ring (bicyclic) bond motifs is 6. The molecule has 2 aliphatic rings. The minimum Gasteiger partial charge on any atom is -0.456 e. The van der Waals surface area contributed by atoms with Crippen molar-refractivity contribution in [3.8, 4) is 11.5 Å². The fourth-order valence-electron chi connectivity index (χ4n) is 3.88. The third kappa shape index (κ3) is 1.90. The quantitative estimate of drug-likeness (QED) is 0.554. The van der Waals surface area contributed by atoms with Crippen molar-refractivity contribution in [3.05, 3.63) is 88.5 Å². The number of aryl methyl sites for hydroxylation is 2. The first-order valence-corrected chi connectivity index (χ1v) is 9.78. The van der Waals surface area contributed by atoms with Gasteiger partial charge in [0.15, 0.2) is 5.60 Å². The predicted molar refractivity (Wildman–Crippen MR) is 97.0 cm³/mol. The van der Waals surface area contributed by atoms with Gasteiger partial charge in [0.2, 0.25) is 0 Å². The molecule has 5 rings (SSSR count). The second-order valence-electron chi connectivity index (χ2n) is 6.82. The Labute approximate surface area is 152 Å². The highest BCUT2D eigenvalue weighted by atomic mass is 32.2. The topological polar surface area (TPSA) is 52.6 Å². The third-order valence-electron chi connectivity index (χ3n) is 5.02. The van der Waals surface area contributed by atoms with Crippen LogP contribution in [0.25, 0.3) is 0 Å². The van der Waals surface area contributed by atoms with E-state index in [1.165, 1.54) is 0 Å². The van der Waals surface area contributed by atoms with Crippen molar-refractivity contribution in [2.45, 2.75) is 24.3 Å². The summed E-state index contributed by atoms with van der Waals surface area (Å²) in [7, 11) is -3.87. The molecular weight excluding hydrogens is 348 g/mol. The Bertz CT molecular complexity index is 1130. The summed E-state index contributed by atoms with van der Waals surface area (Å²) in [6, 6.07) is 18.5. The molecule has 0 saturated heterocycles. The molecule has 0 aliphatic carbocycles. The Morgan fingerprint density at radius 1 is 0.769 bits per heavy atom. The Morgan fingerprint density at radius 2 is 1.35 bits per heavy atom. The normalized spacial score (nSPS) is 17.9. The SMILES string of the molecule is Cc1ccc2c(c1)Oc1cc(C)ccc1C21OS(=O)(=O)c2ccccc21. The number of hydrogen-bond donors (Lipinski definition) is 0. The molecule has 2 aliphatic heterocycles. The summed E-state index contributed by atoms with van der Waals surface area (Å²) in [5.74, 6) is 1.24. The molecule has 1 spiro atoms. The molecule has 2 heterocycles. The van der Waals surface area contributed by atoms with Gasteiger partial charge < -0.3 is 4.74 Å². The van der Waals surface area contributed by atoms with E-state index in [1.807, 2.05) is 62.4 Å². The summed E-state index contributed by atoms with van der Waals surface area (Å²) in [5.41, 5.74) is 2.87. The molecule has 0 atom stereocenters. The lowest BCUT2D eigenvalue weighted by molar-refractivity contribution is 0.164.